The highest BCUT2D eigenvalue weighted by molar-refractivity contribution is 5.95. The normalized spacial score (nSPS) is 15.2. The fraction of sp³-hybridized carbons (Fsp3) is 0.467. The number of nitrogens with one attached hydrogen (secondary N) is 2. The molecule has 5 heteroatoms. The predicted octanol–water partition coefficient (Wildman–Crippen LogP) is 2.16. The van der Waals surface area contributed by atoms with Gasteiger partial charge < -0.3 is 15.7 Å². The van der Waals surface area contributed by atoms with Crippen molar-refractivity contribution in [2.75, 3.05) is 11.9 Å². The lowest BCUT2D eigenvalue weighted by Crippen LogP contribution is -2.34. The van der Waals surface area contributed by atoms with Gasteiger partial charge in [0.1, 0.15) is 0 Å². The molecule has 0 saturated heterocycles. The molecule has 0 unspecified atom stereocenters. The minimum Gasteiger partial charge on any atom is -0.478 e. The standard InChI is InChI=1S/C15H20N2O3/c1-10-6-7-11(15(19)20)8-13(10)17-14(18)9-16-12-4-2-3-5-12/h6-8,12,16H,2-5,9H2,1H3,(H,17,18)(H,19,20). The van der Waals surface area contributed by atoms with Crippen LogP contribution >= 0.6 is 0 Å². The smallest absolute Gasteiger partial charge is 0.335 e. The number of carbonyl (C=O) groups is 2. The number of hydrogen-bond acceptors (Lipinski definition) is 3. The van der Waals surface area contributed by atoms with Crippen LogP contribution in [0.15, 0.2) is 18.2 Å². The number of anilines is 1. The summed E-state index contributed by atoms with van der Waals surface area (Å²) in [4.78, 5) is 22.8. The first-order valence-electron chi connectivity index (χ1n) is 6.93. The number of hydrogen-bond donors (Lipinski definition) is 3. The molecule has 1 aromatic carbocycles. The van der Waals surface area contributed by atoms with E-state index >= 15 is 0 Å². The molecule has 1 amide bonds. The van der Waals surface area contributed by atoms with Crippen molar-refractivity contribution < 1.29 is 14.7 Å². The first-order chi connectivity index (χ1) is 9.56. The SMILES string of the molecule is Cc1ccc(C(=O)O)cc1NC(=O)CNC1CCCC1. The zero-order valence-electron chi connectivity index (χ0n) is 11.6. The molecule has 0 aromatic heterocycles. The molecule has 0 bridgehead atoms. The van der Waals surface area contributed by atoms with Gasteiger partial charge in [-0.1, -0.05) is 18.9 Å². The third-order valence-electron chi connectivity index (χ3n) is 3.67. The first kappa shape index (κ1) is 14.5. The number of carboxylic acids is 1. The van der Waals surface area contributed by atoms with Gasteiger partial charge in [0.05, 0.1) is 12.1 Å². The number of carbonyl (C=O) groups excluding carboxylic acids is 1. The zero-order valence-corrected chi connectivity index (χ0v) is 11.6. The summed E-state index contributed by atoms with van der Waals surface area (Å²) in [5.74, 6) is -1.13. The monoisotopic (exact) mass is 276 g/mol. The zero-order chi connectivity index (χ0) is 14.5. The van der Waals surface area contributed by atoms with Crippen molar-refractivity contribution >= 4 is 17.6 Å². The number of aryl methyl sites for hydroxylation is 1. The van der Waals surface area contributed by atoms with Crippen molar-refractivity contribution in [1.29, 1.82) is 0 Å². The Labute approximate surface area is 118 Å². The average molecular weight is 276 g/mol. The molecule has 1 fully saturated rings. The fourth-order valence-electron chi connectivity index (χ4n) is 2.45. The number of benzene rings is 1. The summed E-state index contributed by atoms with van der Waals surface area (Å²) in [7, 11) is 0. The van der Waals surface area contributed by atoms with Crippen molar-refractivity contribution in [1.82, 2.24) is 5.32 Å². The van der Waals surface area contributed by atoms with E-state index in [1.165, 1.54) is 25.0 Å². The lowest BCUT2D eigenvalue weighted by Gasteiger charge is -2.13. The van der Waals surface area contributed by atoms with Gasteiger partial charge in [-0.15, -0.1) is 0 Å². The molecule has 3 N–H and O–H groups in total. The summed E-state index contributed by atoms with van der Waals surface area (Å²) in [6, 6.07) is 5.16. The Balaban J connectivity index is 1.92. The van der Waals surface area contributed by atoms with Gasteiger partial charge in [-0.05, 0) is 37.5 Å². The van der Waals surface area contributed by atoms with E-state index in [9.17, 15) is 9.59 Å². The minimum atomic E-state index is -0.996. The van der Waals surface area contributed by atoms with Gasteiger partial charge in [0.15, 0.2) is 0 Å². The van der Waals surface area contributed by atoms with E-state index in [0.717, 1.165) is 18.4 Å². The average Bonchev–Trinajstić information content (AvgIpc) is 2.92. The Hall–Kier alpha value is -1.88. The number of rotatable bonds is 5. The van der Waals surface area contributed by atoms with Crippen LogP contribution in [0.4, 0.5) is 5.69 Å². The number of aromatic carboxylic acids is 1. The van der Waals surface area contributed by atoms with Crippen LogP contribution in [0.25, 0.3) is 0 Å². The van der Waals surface area contributed by atoms with Gasteiger partial charge in [0, 0.05) is 11.7 Å². The van der Waals surface area contributed by atoms with Crippen molar-refractivity contribution in [3.63, 3.8) is 0 Å². The molecular weight excluding hydrogens is 256 g/mol. The molecule has 0 spiro atoms. The molecule has 108 valence electrons. The second-order valence-electron chi connectivity index (χ2n) is 5.25. The molecule has 5 nitrogen and oxygen atoms in total. The van der Waals surface area contributed by atoms with E-state index in [4.69, 9.17) is 5.11 Å². The molecule has 0 heterocycles. The Bertz CT molecular complexity index is 508. The molecular formula is C15H20N2O3. The lowest BCUT2D eigenvalue weighted by molar-refractivity contribution is -0.115. The van der Waals surface area contributed by atoms with E-state index in [1.54, 1.807) is 6.07 Å². The third kappa shape index (κ3) is 3.81. The summed E-state index contributed by atoms with van der Waals surface area (Å²) in [6.45, 7) is 2.10. The van der Waals surface area contributed by atoms with Crippen molar-refractivity contribution in [2.45, 2.75) is 38.6 Å². The topological polar surface area (TPSA) is 78.4 Å². The van der Waals surface area contributed by atoms with Gasteiger partial charge >= 0.3 is 5.97 Å². The maximum absolute atomic E-state index is 11.9. The Morgan fingerprint density at radius 2 is 2.00 bits per heavy atom. The maximum atomic E-state index is 11.9. The highest BCUT2D eigenvalue weighted by Gasteiger charge is 2.15. The van der Waals surface area contributed by atoms with Gasteiger partial charge in [0.2, 0.25) is 5.91 Å². The molecule has 1 saturated carbocycles. The highest BCUT2D eigenvalue weighted by Crippen LogP contribution is 2.18. The predicted molar refractivity (Wildman–Crippen MR) is 77.0 cm³/mol. The molecule has 0 radical (unpaired) electrons. The fourth-order valence-corrected chi connectivity index (χ4v) is 2.45. The summed E-state index contributed by atoms with van der Waals surface area (Å²) in [6.07, 6.45) is 4.69. The van der Waals surface area contributed by atoms with E-state index in [0.29, 0.717) is 11.7 Å². The van der Waals surface area contributed by atoms with Gasteiger partial charge in [-0.3, -0.25) is 4.79 Å². The second-order valence-corrected chi connectivity index (χ2v) is 5.25. The van der Waals surface area contributed by atoms with Crippen LogP contribution in [-0.2, 0) is 4.79 Å². The Morgan fingerprint density at radius 3 is 2.65 bits per heavy atom. The summed E-state index contributed by atoms with van der Waals surface area (Å²) < 4.78 is 0. The minimum absolute atomic E-state index is 0.137. The largest absolute Gasteiger partial charge is 0.478 e. The first-order valence-corrected chi connectivity index (χ1v) is 6.93. The van der Waals surface area contributed by atoms with Crippen LogP contribution < -0.4 is 10.6 Å². The van der Waals surface area contributed by atoms with E-state index in [-0.39, 0.29) is 18.0 Å². The van der Waals surface area contributed by atoms with Crippen molar-refractivity contribution in [3.05, 3.63) is 29.3 Å². The second kappa shape index (κ2) is 6.52. The maximum Gasteiger partial charge on any atom is 0.335 e. The van der Waals surface area contributed by atoms with Crippen LogP contribution in [-0.4, -0.2) is 29.6 Å². The van der Waals surface area contributed by atoms with Crippen molar-refractivity contribution in [3.8, 4) is 0 Å². The van der Waals surface area contributed by atoms with Crippen LogP contribution in [0.3, 0.4) is 0 Å². The summed E-state index contributed by atoms with van der Waals surface area (Å²) in [5, 5.41) is 15.0. The van der Waals surface area contributed by atoms with E-state index < -0.39 is 5.97 Å². The molecule has 20 heavy (non-hydrogen) atoms. The molecule has 0 aliphatic heterocycles. The van der Waals surface area contributed by atoms with E-state index in [1.807, 2.05) is 6.92 Å². The summed E-state index contributed by atoms with van der Waals surface area (Å²) >= 11 is 0. The van der Waals surface area contributed by atoms with Gasteiger partial charge in [0.25, 0.3) is 0 Å². The van der Waals surface area contributed by atoms with Crippen molar-refractivity contribution in [2.24, 2.45) is 0 Å². The molecule has 0 atom stereocenters. The third-order valence-corrected chi connectivity index (χ3v) is 3.67. The highest BCUT2D eigenvalue weighted by atomic mass is 16.4. The lowest BCUT2D eigenvalue weighted by atomic mass is 10.1. The summed E-state index contributed by atoms with van der Waals surface area (Å²) in [5.41, 5.74) is 1.59. The van der Waals surface area contributed by atoms with E-state index in [2.05, 4.69) is 10.6 Å². The number of amides is 1. The molecule has 2 rings (SSSR count). The van der Waals surface area contributed by atoms with Gasteiger partial charge in [-0.25, -0.2) is 4.79 Å². The van der Waals surface area contributed by atoms with Crippen LogP contribution in [0.2, 0.25) is 0 Å². The van der Waals surface area contributed by atoms with Crippen LogP contribution in [0.5, 0.6) is 0 Å². The quantitative estimate of drug-likeness (QED) is 0.770. The van der Waals surface area contributed by atoms with Crippen LogP contribution in [0, 0.1) is 6.92 Å². The number of carboxylic acid groups (broad SMARTS) is 1. The van der Waals surface area contributed by atoms with Gasteiger partial charge in [-0.2, -0.15) is 0 Å². The molecule has 1 aliphatic carbocycles. The van der Waals surface area contributed by atoms with Crippen LogP contribution in [0.1, 0.15) is 41.6 Å². The molecule has 1 aliphatic rings. The Kier molecular flexibility index (Phi) is 4.74. The molecule has 1 aromatic rings. The Morgan fingerprint density at radius 1 is 1.30 bits per heavy atom.